The summed E-state index contributed by atoms with van der Waals surface area (Å²) in [5.41, 5.74) is -0.124. The number of rotatable bonds is 4. The van der Waals surface area contributed by atoms with E-state index in [1.807, 2.05) is 0 Å². The molecule has 22 heavy (non-hydrogen) atoms. The van der Waals surface area contributed by atoms with E-state index in [2.05, 4.69) is 10.0 Å². The molecule has 0 aromatic heterocycles. The topological polar surface area (TPSA) is 75.3 Å². The van der Waals surface area contributed by atoms with Crippen LogP contribution in [0.25, 0.3) is 0 Å². The second-order valence-corrected chi connectivity index (χ2v) is 6.12. The molecule has 2 rings (SSSR count). The van der Waals surface area contributed by atoms with Gasteiger partial charge in [0.2, 0.25) is 5.91 Å². The van der Waals surface area contributed by atoms with Gasteiger partial charge < -0.3 is 5.32 Å². The van der Waals surface area contributed by atoms with Gasteiger partial charge >= 0.3 is 0 Å². The lowest BCUT2D eigenvalue weighted by molar-refractivity contribution is -0.114. The summed E-state index contributed by atoms with van der Waals surface area (Å²) in [4.78, 5) is 10.7. The normalized spacial score (nSPS) is 11.0. The van der Waals surface area contributed by atoms with Crippen LogP contribution in [0.1, 0.15) is 6.92 Å². The van der Waals surface area contributed by atoms with Crippen LogP contribution in [0.15, 0.2) is 47.4 Å². The number of carbonyl (C=O) groups excluding carboxylic acids is 1. The molecular formula is C14H12F2N2O3S. The summed E-state index contributed by atoms with van der Waals surface area (Å²) in [7, 11) is -4.02. The number of sulfonamides is 1. The van der Waals surface area contributed by atoms with Crippen LogP contribution in [0, 0.1) is 11.6 Å². The Bertz CT molecular complexity index is 823. The van der Waals surface area contributed by atoms with Crippen molar-refractivity contribution in [3.05, 3.63) is 54.1 Å². The zero-order valence-corrected chi connectivity index (χ0v) is 12.2. The highest BCUT2D eigenvalue weighted by molar-refractivity contribution is 7.92. The maximum atomic E-state index is 13.5. The molecule has 0 bridgehead atoms. The van der Waals surface area contributed by atoms with Crippen LogP contribution in [0.2, 0.25) is 0 Å². The molecule has 0 saturated heterocycles. The van der Waals surface area contributed by atoms with Crippen molar-refractivity contribution in [2.45, 2.75) is 11.8 Å². The molecule has 0 heterocycles. The van der Waals surface area contributed by atoms with Crippen LogP contribution < -0.4 is 10.0 Å². The van der Waals surface area contributed by atoms with Gasteiger partial charge in [-0.3, -0.25) is 9.52 Å². The van der Waals surface area contributed by atoms with Gasteiger partial charge in [-0.15, -0.1) is 0 Å². The van der Waals surface area contributed by atoms with Gasteiger partial charge in [0, 0.05) is 6.92 Å². The average Bonchev–Trinajstić information content (AvgIpc) is 2.42. The van der Waals surface area contributed by atoms with E-state index < -0.39 is 27.6 Å². The molecule has 8 heteroatoms. The van der Waals surface area contributed by atoms with Crippen LogP contribution in [0.3, 0.4) is 0 Å². The van der Waals surface area contributed by atoms with E-state index in [1.165, 1.54) is 25.1 Å². The van der Waals surface area contributed by atoms with Gasteiger partial charge in [-0.05, 0) is 36.4 Å². The third-order valence-corrected chi connectivity index (χ3v) is 4.01. The maximum Gasteiger partial charge on any atom is 0.261 e. The Morgan fingerprint density at radius 1 is 1.09 bits per heavy atom. The second-order valence-electron chi connectivity index (χ2n) is 4.44. The molecule has 0 spiro atoms. The Morgan fingerprint density at radius 3 is 2.45 bits per heavy atom. The highest BCUT2D eigenvalue weighted by Crippen LogP contribution is 2.22. The monoisotopic (exact) mass is 326 g/mol. The molecule has 0 fully saturated rings. The lowest BCUT2D eigenvalue weighted by Gasteiger charge is -2.10. The maximum absolute atomic E-state index is 13.5. The minimum Gasteiger partial charge on any atom is -0.324 e. The van der Waals surface area contributed by atoms with Gasteiger partial charge in [-0.2, -0.15) is 0 Å². The minimum atomic E-state index is -4.02. The first-order valence-electron chi connectivity index (χ1n) is 6.13. The molecule has 0 atom stereocenters. The molecule has 2 aromatic carbocycles. The quantitative estimate of drug-likeness (QED) is 0.907. The summed E-state index contributed by atoms with van der Waals surface area (Å²) in [6.07, 6.45) is 0. The van der Waals surface area contributed by atoms with Crippen molar-refractivity contribution in [2.75, 3.05) is 10.0 Å². The first-order valence-corrected chi connectivity index (χ1v) is 7.62. The van der Waals surface area contributed by atoms with Gasteiger partial charge in [-0.1, -0.05) is 6.07 Å². The van der Waals surface area contributed by atoms with Crippen LogP contribution >= 0.6 is 0 Å². The summed E-state index contributed by atoms with van der Waals surface area (Å²) in [5, 5.41) is 2.24. The fourth-order valence-electron chi connectivity index (χ4n) is 1.72. The number of benzene rings is 2. The Hall–Kier alpha value is -2.48. The van der Waals surface area contributed by atoms with Crippen LogP contribution in [-0.2, 0) is 14.8 Å². The number of amides is 1. The Labute approximate surface area is 126 Å². The van der Waals surface area contributed by atoms with Crippen LogP contribution in [0.5, 0.6) is 0 Å². The molecular weight excluding hydrogens is 314 g/mol. The molecule has 5 nitrogen and oxygen atoms in total. The predicted octanol–water partition coefficient (Wildman–Crippen LogP) is 2.72. The van der Waals surface area contributed by atoms with Crippen molar-refractivity contribution in [3.8, 4) is 0 Å². The molecule has 2 N–H and O–H groups in total. The predicted molar refractivity (Wildman–Crippen MR) is 77.9 cm³/mol. The minimum absolute atomic E-state index is 0.0365. The van der Waals surface area contributed by atoms with Gasteiger partial charge in [0.25, 0.3) is 10.0 Å². The highest BCUT2D eigenvalue weighted by Gasteiger charge is 2.16. The lowest BCUT2D eigenvalue weighted by atomic mass is 10.2. The number of anilines is 2. The summed E-state index contributed by atoms with van der Waals surface area (Å²) < 4.78 is 53.0. The number of halogens is 2. The Balaban J connectivity index is 2.32. The number of carbonyl (C=O) groups is 1. The zero-order chi connectivity index (χ0) is 16.3. The molecule has 0 aliphatic carbocycles. The smallest absolute Gasteiger partial charge is 0.261 e. The van der Waals surface area contributed by atoms with Gasteiger partial charge in [0.05, 0.1) is 16.3 Å². The number of hydrogen-bond donors (Lipinski definition) is 2. The van der Waals surface area contributed by atoms with E-state index in [0.717, 1.165) is 24.3 Å². The summed E-state index contributed by atoms with van der Waals surface area (Å²) in [6.45, 7) is 1.20. The average molecular weight is 326 g/mol. The van der Waals surface area contributed by atoms with Gasteiger partial charge in [-0.25, -0.2) is 17.2 Å². The first kappa shape index (κ1) is 15.9. The fourth-order valence-corrected chi connectivity index (χ4v) is 2.80. The third kappa shape index (κ3) is 3.79. The SMILES string of the molecule is CC(=O)Nc1cc(NS(=O)(=O)c2cccc(F)c2)ccc1F. The van der Waals surface area contributed by atoms with Crippen molar-refractivity contribution in [2.24, 2.45) is 0 Å². The Morgan fingerprint density at radius 2 is 1.82 bits per heavy atom. The fraction of sp³-hybridized carbons (Fsp3) is 0.0714. The van der Waals surface area contributed by atoms with Crippen molar-refractivity contribution >= 4 is 27.3 Å². The first-order chi connectivity index (χ1) is 10.3. The molecule has 0 unspecified atom stereocenters. The molecule has 0 saturated carbocycles. The summed E-state index contributed by atoms with van der Waals surface area (Å²) in [5.74, 6) is -1.89. The number of nitrogens with one attached hydrogen (secondary N) is 2. The third-order valence-electron chi connectivity index (χ3n) is 2.64. The standard InChI is InChI=1S/C14H12F2N2O3S/c1-9(19)17-14-8-11(5-6-13(14)16)18-22(20,21)12-4-2-3-10(15)7-12/h2-8,18H,1H3,(H,17,19). The summed E-state index contributed by atoms with van der Waals surface area (Å²) in [6, 6.07) is 7.80. The molecule has 0 radical (unpaired) electrons. The van der Waals surface area contributed by atoms with Crippen molar-refractivity contribution in [3.63, 3.8) is 0 Å². The van der Waals surface area contributed by atoms with E-state index >= 15 is 0 Å². The molecule has 2 aromatic rings. The van der Waals surface area contributed by atoms with Crippen molar-refractivity contribution in [1.82, 2.24) is 0 Å². The van der Waals surface area contributed by atoms with Gasteiger partial charge in [0.1, 0.15) is 11.6 Å². The van der Waals surface area contributed by atoms with E-state index in [0.29, 0.717) is 0 Å². The molecule has 0 aliphatic rings. The number of hydrogen-bond acceptors (Lipinski definition) is 3. The van der Waals surface area contributed by atoms with Crippen LogP contribution in [-0.4, -0.2) is 14.3 Å². The van der Waals surface area contributed by atoms with Gasteiger partial charge in [0.15, 0.2) is 0 Å². The van der Waals surface area contributed by atoms with E-state index in [4.69, 9.17) is 0 Å². The highest BCUT2D eigenvalue weighted by atomic mass is 32.2. The largest absolute Gasteiger partial charge is 0.324 e. The molecule has 0 aliphatic heterocycles. The van der Waals surface area contributed by atoms with E-state index in [9.17, 15) is 22.0 Å². The van der Waals surface area contributed by atoms with Crippen LogP contribution in [0.4, 0.5) is 20.2 Å². The lowest BCUT2D eigenvalue weighted by Crippen LogP contribution is -2.14. The molecule has 1 amide bonds. The summed E-state index contributed by atoms with van der Waals surface area (Å²) >= 11 is 0. The van der Waals surface area contributed by atoms with Crippen molar-refractivity contribution < 1.29 is 22.0 Å². The second kappa shape index (κ2) is 6.10. The Kier molecular flexibility index (Phi) is 4.41. The zero-order valence-electron chi connectivity index (χ0n) is 11.4. The van der Waals surface area contributed by atoms with Crippen molar-refractivity contribution in [1.29, 1.82) is 0 Å². The van der Waals surface area contributed by atoms with E-state index in [1.54, 1.807) is 0 Å². The van der Waals surface area contributed by atoms with E-state index in [-0.39, 0.29) is 16.3 Å². The molecule has 116 valence electrons.